The molecule has 0 saturated heterocycles. The molecule has 3 rings (SSSR count). The van der Waals surface area contributed by atoms with Crippen molar-refractivity contribution in [2.24, 2.45) is 0 Å². The number of carbonyl (C=O) groups is 2. The number of hydrogen-bond donors (Lipinski definition) is 1. The number of aryl methyl sites for hydroxylation is 1. The lowest BCUT2D eigenvalue weighted by Gasteiger charge is -2.24. The van der Waals surface area contributed by atoms with Gasteiger partial charge in [-0.2, -0.15) is 0 Å². The topological polar surface area (TPSA) is 95.0 Å². The van der Waals surface area contributed by atoms with E-state index in [4.69, 9.17) is 8.48 Å². The number of rotatable bonds is 1. The quantitative estimate of drug-likeness (QED) is 0.627. The van der Waals surface area contributed by atoms with Crippen molar-refractivity contribution in [3.8, 4) is 0 Å². The zero-order valence-corrected chi connectivity index (χ0v) is 11.3. The summed E-state index contributed by atoms with van der Waals surface area (Å²) < 4.78 is 16.5. The van der Waals surface area contributed by atoms with Crippen LogP contribution in [0.5, 0.6) is 0 Å². The Hall–Kier alpha value is -2.50. The van der Waals surface area contributed by atoms with Crippen molar-refractivity contribution in [3.05, 3.63) is 34.4 Å². The average Bonchev–Trinajstić information content (AvgIpc) is 2.51. The van der Waals surface area contributed by atoms with Crippen molar-refractivity contribution in [1.82, 2.24) is 9.55 Å². The Labute approximate surface area is 123 Å². The highest BCUT2D eigenvalue weighted by atomic mass is 16.2. The first-order valence-corrected chi connectivity index (χ1v) is 6.58. The molecule has 1 aliphatic rings. The van der Waals surface area contributed by atoms with Crippen LogP contribution in [0.15, 0.2) is 23.0 Å². The summed E-state index contributed by atoms with van der Waals surface area (Å²) in [7, 11) is 0. The Morgan fingerprint density at radius 3 is 3.00 bits per heavy atom. The fourth-order valence-corrected chi connectivity index (χ4v) is 2.71. The fourth-order valence-electron chi connectivity index (χ4n) is 2.71. The molecule has 2 aromatic rings. The van der Waals surface area contributed by atoms with Crippen molar-refractivity contribution >= 4 is 28.2 Å². The Morgan fingerprint density at radius 2 is 2.29 bits per heavy atom. The maximum Gasteiger partial charge on any atom is 0.264 e. The van der Waals surface area contributed by atoms with Crippen LogP contribution in [0.2, 0.25) is 0 Å². The number of ketones is 2. The van der Waals surface area contributed by atoms with E-state index in [0.717, 1.165) is 0 Å². The van der Waals surface area contributed by atoms with Crippen molar-refractivity contribution in [2.45, 2.75) is 32.2 Å². The van der Waals surface area contributed by atoms with Gasteiger partial charge in [-0.3, -0.25) is 19.0 Å². The van der Waals surface area contributed by atoms with Crippen LogP contribution >= 0.6 is 0 Å². The zero-order valence-electron chi connectivity index (χ0n) is 13.3. The van der Waals surface area contributed by atoms with Gasteiger partial charge in [-0.05, 0) is 25.4 Å². The molecule has 21 heavy (non-hydrogen) atoms. The molecule has 1 aromatic carbocycles. The highest BCUT2D eigenvalue weighted by Gasteiger charge is 2.30. The van der Waals surface area contributed by atoms with E-state index in [2.05, 4.69) is 4.98 Å². The van der Waals surface area contributed by atoms with E-state index in [1.54, 1.807) is 0 Å². The number of nitrogens with two attached hydrogens (primary N) is 1. The van der Waals surface area contributed by atoms with E-state index in [0.29, 0.717) is 5.52 Å². The molecule has 1 atom stereocenters. The van der Waals surface area contributed by atoms with Gasteiger partial charge in [0.25, 0.3) is 5.56 Å². The van der Waals surface area contributed by atoms with Gasteiger partial charge in [-0.15, -0.1) is 0 Å². The second-order valence-corrected chi connectivity index (χ2v) is 5.09. The zero-order chi connectivity index (χ0) is 16.7. The predicted molar refractivity (Wildman–Crippen MR) is 78.1 cm³/mol. The maximum atomic E-state index is 12.8. The highest BCUT2D eigenvalue weighted by Crippen LogP contribution is 2.24. The van der Waals surface area contributed by atoms with E-state index < -0.39 is 11.6 Å². The molecular formula is C15H15N3O3. The van der Waals surface area contributed by atoms with Crippen LogP contribution < -0.4 is 11.3 Å². The van der Waals surface area contributed by atoms with Crippen LogP contribution in [-0.2, 0) is 9.59 Å². The summed E-state index contributed by atoms with van der Waals surface area (Å²) in [6.07, 6.45) is 0.227. The molecule has 1 heterocycles. The van der Waals surface area contributed by atoms with Crippen LogP contribution in [0.3, 0.4) is 0 Å². The second kappa shape index (κ2) is 4.80. The summed E-state index contributed by atoms with van der Waals surface area (Å²) >= 11 is 0. The summed E-state index contributed by atoms with van der Waals surface area (Å²) in [4.78, 5) is 40.7. The Morgan fingerprint density at radius 1 is 1.48 bits per heavy atom. The Bertz CT molecular complexity index is 892. The molecule has 0 aliphatic heterocycles. The van der Waals surface area contributed by atoms with Gasteiger partial charge in [0, 0.05) is 13.5 Å². The molecule has 1 unspecified atom stereocenters. The van der Waals surface area contributed by atoms with Crippen molar-refractivity contribution in [1.29, 1.82) is 0 Å². The van der Waals surface area contributed by atoms with Crippen molar-refractivity contribution < 1.29 is 12.3 Å². The summed E-state index contributed by atoms with van der Waals surface area (Å²) in [6, 6.07) is 2.15. The summed E-state index contributed by atoms with van der Waals surface area (Å²) in [5.41, 5.74) is 5.62. The number of carbonyl (C=O) groups excluding carboxylic acids is 2. The maximum absolute atomic E-state index is 12.8. The molecule has 0 bridgehead atoms. The lowest BCUT2D eigenvalue weighted by molar-refractivity contribution is -0.132. The SMILES string of the molecule is [2H]Cc1nc2ccc([2H])c(N)c2c(=O)n1C1CCC(=O)CC1=O. The number of aromatic nitrogens is 2. The molecule has 0 radical (unpaired) electrons. The van der Waals surface area contributed by atoms with Crippen LogP contribution in [0.25, 0.3) is 10.9 Å². The number of hydrogen-bond acceptors (Lipinski definition) is 5. The minimum atomic E-state index is -0.800. The minimum Gasteiger partial charge on any atom is -0.398 e. The largest absolute Gasteiger partial charge is 0.398 e. The van der Waals surface area contributed by atoms with E-state index in [-0.39, 0.29) is 60.7 Å². The summed E-state index contributed by atoms with van der Waals surface area (Å²) in [5, 5.41) is 0.0828. The summed E-state index contributed by atoms with van der Waals surface area (Å²) in [6.45, 7) is -0.272. The molecule has 2 N–H and O–H groups in total. The first-order valence-electron chi connectivity index (χ1n) is 7.78. The molecule has 108 valence electrons. The first kappa shape index (κ1) is 11.2. The van der Waals surface area contributed by atoms with E-state index >= 15 is 0 Å². The minimum absolute atomic E-state index is 0.00427. The molecule has 6 nitrogen and oxygen atoms in total. The van der Waals surface area contributed by atoms with Gasteiger partial charge in [0.1, 0.15) is 11.6 Å². The van der Waals surface area contributed by atoms with Gasteiger partial charge in [0.05, 0.1) is 24.7 Å². The van der Waals surface area contributed by atoms with Crippen molar-refractivity contribution in [2.75, 3.05) is 5.73 Å². The van der Waals surface area contributed by atoms with Gasteiger partial charge < -0.3 is 5.73 Å². The lowest BCUT2D eigenvalue weighted by Crippen LogP contribution is -2.36. The molecular weight excluding hydrogens is 270 g/mol. The first-order chi connectivity index (χ1) is 10.9. The summed E-state index contributed by atoms with van der Waals surface area (Å²) in [5.74, 6) is -0.333. The van der Waals surface area contributed by atoms with Gasteiger partial charge >= 0.3 is 0 Å². The molecule has 1 saturated carbocycles. The third kappa shape index (κ3) is 2.12. The molecule has 6 heteroatoms. The number of fused-ring (bicyclic) bond motifs is 1. The Kier molecular flexibility index (Phi) is 2.56. The monoisotopic (exact) mass is 287 g/mol. The van der Waals surface area contributed by atoms with E-state index in [1.165, 1.54) is 16.7 Å². The third-order valence-electron chi connectivity index (χ3n) is 3.72. The van der Waals surface area contributed by atoms with E-state index in [9.17, 15) is 14.4 Å². The molecule has 1 aliphatic carbocycles. The lowest BCUT2D eigenvalue weighted by atomic mass is 9.92. The Balaban J connectivity index is 2.29. The molecule has 0 amide bonds. The van der Waals surface area contributed by atoms with Gasteiger partial charge in [0.15, 0.2) is 5.78 Å². The average molecular weight is 287 g/mol. The van der Waals surface area contributed by atoms with Gasteiger partial charge in [0.2, 0.25) is 0 Å². The molecule has 1 fully saturated rings. The van der Waals surface area contributed by atoms with Crippen LogP contribution in [0, 0.1) is 6.90 Å². The van der Waals surface area contributed by atoms with Gasteiger partial charge in [-0.1, -0.05) is 6.07 Å². The fraction of sp³-hybridized carbons (Fsp3) is 0.333. The van der Waals surface area contributed by atoms with Crippen LogP contribution in [0.1, 0.15) is 33.9 Å². The van der Waals surface area contributed by atoms with Crippen molar-refractivity contribution in [3.63, 3.8) is 0 Å². The van der Waals surface area contributed by atoms with E-state index in [1.807, 2.05) is 0 Å². The predicted octanol–water partition coefficient (Wildman–Crippen LogP) is 1.15. The number of Topliss-reactive ketones (excluding diaryl/α,β-unsaturated/α-hetero) is 2. The molecule has 1 aromatic heterocycles. The van der Waals surface area contributed by atoms with Crippen LogP contribution in [-0.4, -0.2) is 21.1 Å². The number of nitrogens with zero attached hydrogens (tertiary/aromatic N) is 2. The second-order valence-electron chi connectivity index (χ2n) is 5.09. The molecule has 0 spiro atoms. The number of nitrogen functional groups attached to an aromatic ring is 1. The normalized spacial score (nSPS) is 20.5. The van der Waals surface area contributed by atoms with Gasteiger partial charge in [-0.25, -0.2) is 4.98 Å². The third-order valence-corrected chi connectivity index (χ3v) is 3.72. The number of benzene rings is 1. The number of anilines is 1. The van der Waals surface area contributed by atoms with Crippen LogP contribution in [0.4, 0.5) is 5.69 Å². The standard InChI is InChI=1S/C15H15N3O3/c1-8-17-11-4-2-3-10(16)14(11)15(21)18(8)12-6-5-9(19)7-13(12)20/h2-4,12H,5-7,16H2,1H3/i1D,3D. The highest BCUT2D eigenvalue weighted by molar-refractivity contribution is 6.03. The smallest absolute Gasteiger partial charge is 0.264 e.